The van der Waals surface area contributed by atoms with Gasteiger partial charge < -0.3 is 10.2 Å². The molecule has 3 amide bonds. The molecule has 3 atom stereocenters. The van der Waals surface area contributed by atoms with E-state index < -0.39 is 45.1 Å². The molecule has 0 radical (unpaired) electrons. The van der Waals surface area contributed by atoms with Gasteiger partial charge in [-0.1, -0.05) is 13.0 Å². The van der Waals surface area contributed by atoms with Gasteiger partial charge in [0.05, 0.1) is 5.25 Å². The van der Waals surface area contributed by atoms with Crippen molar-refractivity contribution in [2.45, 2.75) is 49.9 Å². The molecule has 8 nitrogen and oxygen atoms in total. The third-order valence-corrected chi connectivity index (χ3v) is 6.25. The molecule has 0 aromatic rings. The van der Waals surface area contributed by atoms with Crippen LogP contribution in [-0.2, 0) is 24.4 Å². The SMILES string of the molecule is C=CC(C)C(NC(=O)C1CCCN1C=O)C(=O)NS(=O)(=O)C1CC1. The summed E-state index contributed by atoms with van der Waals surface area (Å²) < 4.78 is 25.9. The molecule has 3 unspecified atom stereocenters. The molecule has 0 bridgehead atoms. The summed E-state index contributed by atoms with van der Waals surface area (Å²) in [5.41, 5.74) is 0. The van der Waals surface area contributed by atoms with E-state index in [0.717, 1.165) is 0 Å². The largest absolute Gasteiger partial charge is 0.342 e. The number of nitrogens with zero attached hydrogens (tertiary/aromatic N) is 1. The van der Waals surface area contributed by atoms with Gasteiger partial charge in [-0.2, -0.15) is 0 Å². The van der Waals surface area contributed by atoms with Crippen molar-refractivity contribution in [3.05, 3.63) is 12.7 Å². The zero-order valence-corrected chi connectivity index (χ0v) is 14.4. The summed E-state index contributed by atoms with van der Waals surface area (Å²) in [4.78, 5) is 37.1. The summed E-state index contributed by atoms with van der Waals surface area (Å²) in [5.74, 6) is -1.70. The van der Waals surface area contributed by atoms with Crippen LogP contribution >= 0.6 is 0 Å². The van der Waals surface area contributed by atoms with Crippen LogP contribution in [0.15, 0.2) is 12.7 Å². The lowest BCUT2D eigenvalue weighted by atomic mass is 10.0. The average Bonchev–Trinajstić information content (AvgIpc) is 3.30. The van der Waals surface area contributed by atoms with Crippen LogP contribution in [0.25, 0.3) is 0 Å². The molecule has 1 aliphatic heterocycles. The number of carbonyl (C=O) groups excluding carboxylic acids is 3. The Labute approximate surface area is 141 Å². The molecule has 0 spiro atoms. The van der Waals surface area contributed by atoms with E-state index in [1.54, 1.807) is 6.92 Å². The Morgan fingerprint density at radius 3 is 2.50 bits per heavy atom. The summed E-state index contributed by atoms with van der Waals surface area (Å²) in [5, 5.41) is 2.04. The molecule has 1 saturated heterocycles. The first-order valence-electron chi connectivity index (χ1n) is 7.99. The van der Waals surface area contributed by atoms with E-state index in [4.69, 9.17) is 0 Å². The molecular formula is C15H23N3O5S. The number of likely N-dealkylation sites (tertiary alicyclic amines) is 1. The standard InChI is InChI=1S/C15H23N3O5S/c1-3-10(2)13(15(21)17-24(22,23)11-6-7-11)16-14(20)12-5-4-8-18(12)9-19/h3,9-13H,1,4-8H2,2H3,(H,16,20)(H,17,21). The maximum atomic E-state index is 12.4. The van der Waals surface area contributed by atoms with Gasteiger partial charge in [0.15, 0.2) is 0 Å². The van der Waals surface area contributed by atoms with Crippen molar-refractivity contribution in [2.75, 3.05) is 6.54 Å². The highest BCUT2D eigenvalue weighted by Gasteiger charge is 2.39. The maximum absolute atomic E-state index is 12.4. The van der Waals surface area contributed by atoms with Gasteiger partial charge in [-0.05, 0) is 25.7 Å². The van der Waals surface area contributed by atoms with Gasteiger partial charge in [0.2, 0.25) is 22.3 Å². The van der Waals surface area contributed by atoms with E-state index in [1.807, 2.05) is 4.72 Å². The minimum atomic E-state index is -3.70. The second-order valence-electron chi connectivity index (χ2n) is 6.29. The number of sulfonamides is 1. The Bertz CT molecular complexity index is 629. The highest BCUT2D eigenvalue weighted by Crippen LogP contribution is 2.27. The van der Waals surface area contributed by atoms with E-state index in [2.05, 4.69) is 11.9 Å². The molecule has 1 aliphatic carbocycles. The topological polar surface area (TPSA) is 113 Å². The van der Waals surface area contributed by atoms with Gasteiger partial charge in [-0.15, -0.1) is 6.58 Å². The van der Waals surface area contributed by atoms with Crippen molar-refractivity contribution in [3.63, 3.8) is 0 Å². The summed E-state index contributed by atoms with van der Waals surface area (Å²) in [6.45, 7) is 5.75. The molecule has 2 aliphatic rings. The van der Waals surface area contributed by atoms with Crippen LogP contribution in [-0.4, -0.2) is 55.4 Å². The summed E-state index contributed by atoms with van der Waals surface area (Å²) in [7, 11) is -3.70. The van der Waals surface area contributed by atoms with Gasteiger partial charge in [0.25, 0.3) is 5.91 Å². The molecule has 2 N–H and O–H groups in total. The predicted octanol–water partition coefficient (Wildman–Crippen LogP) is -0.477. The van der Waals surface area contributed by atoms with Crippen molar-refractivity contribution in [1.82, 2.24) is 14.9 Å². The van der Waals surface area contributed by atoms with Gasteiger partial charge in [0.1, 0.15) is 12.1 Å². The fraction of sp³-hybridized carbons (Fsp3) is 0.667. The second-order valence-corrected chi connectivity index (χ2v) is 8.25. The zero-order valence-electron chi connectivity index (χ0n) is 13.6. The molecule has 1 heterocycles. The summed E-state index contributed by atoms with van der Waals surface area (Å²) in [6, 6.07) is -1.69. The summed E-state index contributed by atoms with van der Waals surface area (Å²) in [6.07, 6.45) is 4.38. The van der Waals surface area contributed by atoms with Crippen LogP contribution in [0.5, 0.6) is 0 Å². The zero-order chi connectivity index (χ0) is 17.9. The number of nitrogens with one attached hydrogen (secondary N) is 2. The van der Waals surface area contributed by atoms with Crippen LogP contribution in [0.3, 0.4) is 0 Å². The second kappa shape index (κ2) is 7.33. The Morgan fingerprint density at radius 2 is 1.96 bits per heavy atom. The monoisotopic (exact) mass is 357 g/mol. The van der Waals surface area contributed by atoms with Crippen LogP contribution in [0, 0.1) is 5.92 Å². The van der Waals surface area contributed by atoms with E-state index in [0.29, 0.717) is 38.6 Å². The van der Waals surface area contributed by atoms with E-state index in [1.165, 1.54) is 11.0 Å². The average molecular weight is 357 g/mol. The van der Waals surface area contributed by atoms with Crippen molar-refractivity contribution >= 4 is 28.2 Å². The Hall–Kier alpha value is -1.90. The van der Waals surface area contributed by atoms with Crippen molar-refractivity contribution < 1.29 is 22.8 Å². The van der Waals surface area contributed by atoms with Crippen LogP contribution in [0.2, 0.25) is 0 Å². The smallest absolute Gasteiger partial charge is 0.256 e. The maximum Gasteiger partial charge on any atom is 0.256 e. The number of amides is 3. The normalized spacial score (nSPS) is 23.2. The molecule has 2 rings (SSSR count). The minimum absolute atomic E-state index is 0.461. The molecular weight excluding hydrogens is 334 g/mol. The number of hydrogen-bond acceptors (Lipinski definition) is 5. The molecule has 2 fully saturated rings. The highest BCUT2D eigenvalue weighted by atomic mass is 32.2. The van der Waals surface area contributed by atoms with E-state index in [-0.39, 0.29) is 0 Å². The lowest BCUT2D eigenvalue weighted by molar-refractivity contribution is -0.134. The van der Waals surface area contributed by atoms with Crippen molar-refractivity contribution in [2.24, 2.45) is 5.92 Å². The van der Waals surface area contributed by atoms with Crippen LogP contribution in [0.4, 0.5) is 0 Å². The van der Waals surface area contributed by atoms with E-state index in [9.17, 15) is 22.8 Å². The third-order valence-electron chi connectivity index (χ3n) is 4.42. The van der Waals surface area contributed by atoms with Gasteiger partial charge >= 0.3 is 0 Å². The molecule has 0 aromatic heterocycles. The minimum Gasteiger partial charge on any atom is -0.342 e. The number of rotatable bonds is 8. The highest BCUT2D eigenvalue weighted by molar-refractivity contribution is 7.90. The van der Waals surface area contributed by atoms with E-state index >= 15 is 0 Å². The molecule has 24 heavy (non-hydrogen) atoms. The fourth-order valence-corrected chi connectivity index (χ4v) is 4.01. The molecule has 134 valence electrons. The van der Waals surface area contributed by atoms with Crippen molar-refractivity contribution in [3.8, 4) is 0 Å². The van der Waals surface area contributed by atoms with Crippen LogP contribution in [0.1, 0.15) is 32.6 Å². The third kappa shape index (κ3) is 4.14. The molecule has 0 aromatic carbocycles. The summed E-state index contributed by atoms with van der Waals surface area (Å²) >= 11 is 0. The Balaban J connectivity index is 2.07. The number of carbonyl (C=O) groups is 3. The van der Waals surface area contributed by atoms with Gasteiger partial charge in [-0.25, -0.2) is 8.42 Å². The molecule has 1 saturated carbocycles. The lowest BCUT2D eigenvalue weighted by Crippen LogP contribution is -2.55. The molecule has 9 heteroatoms. The van der Waals surface area contributed by atoms with Gasteiger partial charge in [0, 0.05) is 12.5 Å². The Morgan fingerprint density at radius 1 is 1.29 bits per heavy atom. The first-order chi connectivity index (χ1) is 11.3. The lowest BCUT2D eigenvalue weighted by Gasteiger charge is -2.26. The van der Waals surface area contributed by atoms with Crippen LogP contribution < -0.4 is 10.0 Å². The quantitative estimate of drug-likeness (QED) is 0.450. The Kier molecular flexibility index (Phi) is 5.63. The first kappa shape index (κ1) is 18.4. The predicted molar refractivity (Wildman–Crippen MR) is 87.2 cm³/mol. The fourth-order valence-electron chi connectivity index (χ4n) is 2.68. The first-order valence-corrected chi connectivity index (χ1v) is 9.54. The van der Waals surface area contributed by atoms with Crippen molar-refractivity contribution in [1.29, 1.82) is 0 Å². The van der Waals surface area contributed by atoms with Gasteiger partial charge in [-0.3, -0.25) is 19.1 Å². The number of hydrogen-bond donors (Lipinski definition) is 2.